The van der Waals surface area contributed by atoms with E-state index in [2.05, 4.69) is 0 Å². The second-order valence-electron chi connectivity index (χ2n) is 3.53. The quantitative estimate of drug-likeness (QED) is 0.485. The third kappa shape index (κ3) is 0.979. The molecule has 1 saturated carbocycles. The van der Waals surface area contributed by atoms with E-state index in [4.69, 9.17) is 0 Å². The third-order valence-electron chi connectivity index (χ3n) is 2.82. The summed E-state index contributed by atoms with van der Waals surface area (Å²) in [6, 6.07) is 0. The van der Waals surface area contributed by atoms with Gasteiger partial charge in [-0.2, -0.15) is 0 Å². The van der Waals surface area contributed by atoms with Crippen LogP contribution in [0.1, 0.15) is 32.1 Å². The first-order valence-corrected chi connectivity index (χ1v) is 4.22. The molecule has 0 nitrogen and oxygen atoms in total. The second-order valence-corrected chi connectivity index (χ2v) is 3.53. The Morgan fingerprint density at radius 2 is 2.10 bits per heavy atom. The van der Waals surface area contributed by atoms with Crippen LogP contribution in [0.2, 0.25) is 0 Å². The Morgan fingerprint density at radius 1 is 1.30 bits per heavy atom. The standard InChI is InChI=1S/C9H13F/c10-9-5-7-3-1-2-4-8(7)6-9/h5,7-8H,1-4,6H2. The molecule has 0 N–H and O–H groups in total. The van der Waals surface area contributed by atoms with Gasteiger partial charge in [0.25, 0.3) is 0 Å². The summed E-state index contributed by atoms with van der Waals surface area (Å²) >= 11 is 0. The molecule has 0 saturated heterocycles. The average molecular weight is 140 g/mol. The molecule has 56 valence electrons. The van der Waals surface area contributed by atoms with Gasteiger partial charge in [-0.25, -0.2) is 4.39 Å². The van der Waals surface area contributed by atoms with Crippen molar-refractivity contribution >= 4 is 0 Å². The van der Waals surface area contributed by atoms with E-state index < -0.39 is 0 Å². The van der Waals surface area contributed by atoms with Crippen LogP contribution >= 0.6 is 0 Å². The molecule has 10 heavy (non-hydrogen) atoms. The van der Waals surface area contributed by atoms with E-state index in [1.54, 1.807) is 0 Å². The van der Waals surface area contributed by atoms with E-state index in [9.17, 15) is 4.39 Å². The number of hydrogen-bond donors (Lipinski definition) is 0. The topological polar surface area (TPSA) is 0 Å². The zero-order chi connectivity index (χ0) is 6.97. The largest absolute Gasteiger partial charge is 0.212 e. The van der Waals surface area contributed by atoms with Crippen LogP contribution in [-0.4, -0.2) is 0 Å². The van der Waals surface area contributed by atoms with Gasteiger partial charge in [0.05, 0.1) is 5.83 Å². The van der Waals surface area contributed by atoms with E-state index >= 15 is 0 Å². The molecule has 0 radical (unpaired) electrons. The highest BCUT2D eigenvalue weighted by Gasteiger charge is 2.29. The molecule has 0 aromatic carbocycles. The summed E-state index contributed by atoms with van der Waals surface area (Å²) in [7, 11) is 0. The maximum absolute atomic E-state index is 12.7. The fourth-order valence-corrected chi connectivity index (χ4v) is 2.26. The van der Waals surface area contributed by atoms with E-state index in [1.807, 2.05) is 6.08 Å². The molecule has 0 spiro atoms. The molecule has 2 aliphatic carbocycles. The molecule has 0 heterocycles. The predicted molar refractivity (Wildman–Crippen MR) is 39.3 cm³/mol. The molecule has 0 aliphatic heterocycles. The van der Waals surface area contributed by atoms with Crippen molar-refractivity contribution in [3.8, 4) is 0 Å². The number of allylic oxidation sites excluding steroid dienone is 2. The smallest absolute Gasteiger partial charge is 0.0965 e. The van der Waals surface area contributed by atoms with E-state index in [0.717, 1.165) is 6.42 Å². The Morgan fingerprint density at radius 3 is 2.90 bits per heavy atom. The lowest BCUT2D eigenvalue weighted by molar-refractivity contribution is 0.298. The Kier molecular flexibility index (Phi) is 1.51. The van der Waals surface area contributed by atoms with Crippen LogP contribution in [0.3, 0.4) is 0 Å². The van der Waals surface area contributed by atoms with Crippen LogP contribution in [0.4, 0.5) is 4.39 Å². The summed E-state index contributed by atoms with van der Waals surface area (Å²) in [6.07, 6.45) is 7.72. The monoisotopic (exact) mass is 140 g/mol. The third-order valence-corrected chi connectivity index (χ3v) is 2.82. The van der Waals surface area contributed by atoms with Crippen LogP contribution in [0.15, 0.2) is 11.9 Å². The van der Waals surface area contributed by atoms with Gasteiger partial charge in [0.2, 0.25) is 0 Å². The van der Waals surface area contributed by atoms with Crippen LogP contribution < -0.4 is 0 Å². The van der Waals surface area contributed by atoms with E-state index in [0.29, 0.717) is 11.8 Å². The molecule has 0 aromatic rings. The molecule has 1 heteroatoms. The molecule has 0 bridgehead atoms. The first-order valence-electron chi connectivity index (χ1n) is 4.22. The van der Waals surface area contributed by atoms with Crippen molar-refractivity contribution in [2.24, 2.45) is 11.8 Å². The summed E-state index contributed by atoms with van der Waals surface area (Å²) in [4.78, 5) is 0. The molecule has 0 aromatic heterocycles. The second kappa shape index (κ2) is 2.37. The Balaban J connectivity index is 2.06. The molecular weight excluding hydrogens is 127 g/mol. The lowest BCUT2D eigenvalue weighted by Gasteiger charge is -2.23. The lowest BCUT2D eigenvalue weighted by Crippen LogP contribution is -2.12. The van der Waals surface area contributed by atoms with Gasteiger partial charge in [-0.15, -0.1) is 0 Å². The van der Waals surface area contributed by atoms with E-state index in [1.165, 1.54) is 25.7 Å². The molecule has 2 atom stereocenters. The van der Waals surface area contributed by atoms with Crippen molar-refractivity contribution in [1.29, 1.82) is 0 Å². The minimum absolute atomic E-state index is 0.150. The van der Waals surface area contributed by atoms with Crippen molar-refractivity contribution in [1.82, 2.24) is 0 Å². The Hall–Kier alpha value is -0.330. The maximum atomic E-state index is 12.7. The normalized spacial score (nSPS) is 39.1. The van der Waals surface area contributed by atoms with Gasteiger partial charge in [-0.05, 0) is 30.8 Å². The number of halogens is 1. The summed E-state index contributed by atoms with van der Waals surface area (Å²) in [5, 5.41) is 0. The fraction of sp³-hybridized carbons (Fsp3) is 0.778. The molecule has 2 unspecified atom stereocenters. The molecule has 0 amide bonds. The predicted octanol–water partition coefficient (Wildman–Crippen LogP) is 3.05. The highest BCUT2D eigenvalue weighted by Crippen LogP contribution is 2.41. The maximum Gasteiger partial charge on any atom is 0.0965 e. The Bertz CT molecular complexity index is 160. The van der Waals surface area contributed by atoms with Crippen LogP contribution in [0, 0.1) is 11.8 Å². The van der Waals surface area contributed by atoms with Gasteiger partial charge < -0.3 is 0 Å². The van der Waals surface area contributed by atoms with Gasteiger partial charge in [-0.3, -0.25) is 0 Å². The van der Waals surface area contributed by atoms with Crippen molar-refractivity contribution in [2.45, 2.75) is 32.1 Å². The first-order chi connectivity index (χ1) is 4.86. The van der Waals surface area contributed by atoms with E-state index in [-0.39, 0.29) is 5.83 Å². The molecule has 2 rings (SSSR count). The van der Waals surface area contributed by atoms with Gasteiger partial charge >= 0.3 is 0 Å². The summed E-state index contributed by atoms with van der Waals surface area (Å²) in [6.45, 7) is 0. The van der Waals surface area contributed by atoms with Crippen LogP contribution in [0.5, 0.6) is 0 Å². The van der Waals surface area contributed by atoms with Crippen molar-refractivity contribution in [3.05, 3.63) is 11.9 Å². The van der Waals surface area contributed by atoms with Gasteiger partial charge in [0.15, 0.2) is 0 Å². The van der Waals surface area contributed by atoms with Crippen molar-refractivity contribution < 1.29 is 4.39 Å². The van der Waals surface area contributed by atoms with Crippen LogP contribution in [0.25, 0.3) is 0 Å². The van der Waals surface area contributed by atoms with Crippen LogP contribution in [-0.2, 0) is 0 Å². The molecule has 1 fully saturated rings. The zero-order valence-corrected chi connectivity index (χ0v) is 6.15. The van der Waals surface area contributed by atoms with Gasteiger partial charge in [0, 0.05) is 6.42 Å². The van der Waals surface area contributed by atoms with Crippen molar-refractivity contribution in [2.75, 3.05) is 0 Å². The fourth-order valence-electron chi connectivity index (χ4n) is 2.26. The highest BCUT2D eigenvalue weighted by atomic mass is 19.1. The summed E-state index contributed by atoms with van der Waals surface area (Å²) in [5.74, 6) is 1.43. The summed E-state index contributed by atoms with van der Waals surface area (Å²) in [5.41, 5.74) is 0. The summed E-state index contributed by atoms with van der Waals surface area (Å²) < 4.78 is 12.7. The SMILES string of the molecule is FC1=CC2CCCCC2C1. The molecule has 2 aliphatic rings. The zero-order valence-electron chi connectivity index (χ0n) is 6.15. The average Bonchev–Trinajstić information content (AvgIpc) is 2.27. The minimum atomic E-state index is 0.150. The number of rotatable bonds is 0. The Labute approximate surface area is 61.1 Å². The number of hydrogen-bond acceptors (Lipinski definition) is 0. The van der Waals surface area contributed by atoms with Gasteiger partial charge in [-0.1, -0.05) is 12.8 Å². The minimum Gasteiger partial charge on any atom is -0.212 e. The number of fused-ring (bicyclic) bond motifs is 1. The molecular formula is C9H13F. The highest BCUT2D eigenvalue weighted by molar-refractivity contribution is 5.08. The van der Waals surface area contributed by atoms with Gasteiger partial charge in [0.1, 0.15) is 0 Å². The first kappa shape index (κ1) is 6.38. The van der Waals surface area contributed by atoms with Crippen molar-refractivity contribution in [3.63, 3.8) is 0 Å². The lowest BCUT2D eigenvalue weighted by atomic mass is 9.82.